The molecule has 0 aliphatic heterocycles. The monoisotopic (exact) mass is 301 g/mol. The van der Waals surface area contributed by atoms with Crippen LogP contribution in [-0.4, -0.2) is 29.5 Å². The van der Waals surface area contributed by atoms with Crippen molar-refractivity contribution in [1.29, 1.82) is 0 Å². The molecule has 1 N–H and O–H groups in total. The van der Waals surface area contributed by atoms with E-state index in [-0.39, 0.29) is 16.6 Å². The van der Waals surface area contributed by atoms with Crippen molar-refractivity contribution >= 4 is 17.3 Å². The second-order valence-corrected chi connectivity index (χ2v) is 5.22. The van der Waals surface area contributed by atoms with Crippen molar-refractivity contribution in [2.75, 3.05) is 19.0 Å². The van der Waals surface area contributed by atoms with Gasteiger partial charge in [-0.2, -0.15) is 5.10 Å². The molecule has 0 bridgehead atoms. The summed E-state index contributed by atoms with van der Waals surface area (Å²) in [6.45, 7) is 5.35. The summed E-state index contributed by atoms with van der Waals surface area (Å²) < 4.78 is 6.59. The Bertz CT molecular complexity index is 456. The lowest BCUT2D eigenvalue weighted by Crippen LogP contribution is -2.29. The van der Waals surface area contributed by atoms with E-state index in [4.69, 9.17) is 16.3 Å². The molecular formula is C14H24ClN3O2. The Kier molecular flexibility index (Phi) is 7.62. The van der Waals surface area contributed by atoms with E-state index in [9.17, 15) is 4.79 Å². The number of hydrogen-bond donors (Lipinski definition) is 1. The number of aryl methyl sites for hydroxylation is 1. The summed E-state index contributed by atoms with van der Waals surface area (Å²) in [5, 5.41) is 7.61. The SMILES string of the molecule is CCCCn1ncc(NC(CCC)COC)c(Cl)c1=O. The number of halogens is 1. The molecule has 0 radical (unpaired) electrons. The van der Waals surface area contributed by atoms with Crippen molar-refractivity contribution in [1.82, 2.24) is 9.78 Å². The van der Waals surface area contributed by atoms with Gasteiger partial charge in [-0.1, -0.05) is 38.3 Å². The van der Waals surface area contributed by atoms with Crippen molar-refractivity contribution in [2.45, 2.75) is 52.1 Å². The second-order valence-electron chi connectivity index (χ2n) is 4.84. The third-order valence-corrected chi connectivity index (χ3v) is 3.44. The summed E-state index contributed by atoms with van der Waals surface area (Å²) in [7, 11) is 1.66. The van der Waals surface area contributed by atoms with E-state index in [1.165, 1.54) is 4.68 Å². The third kappa shape index (κ3) is 4.80. The number of anilines is 1. The fourth-order valence-corrected chi connectivity index (χ4v) is 2.20. The quantitative estimate of drug-likeness (QED) is 0.762. The molecule has 1 rings (SSSR count). The molecule has 0 amide bonds. The van der Waals surface area contributed by atoms with Crippen LogP contribution in [0.2, 0.25) is 5.02 Å². The average molecular weight is 302 g/mol. The maximum Gasteiger partial charge on any atom is 0.287 e. The van der Waals surface area contributed by atoms with E-state index in [1.807, 2.05) is 0 Å². The minimum atomic E-state index is -0.238. The van der Waals surface area contributed by atoms with Crippen molar-refractivity contribution in [3.63, 3.8) is 0 Å². The summed E-state index contributed by atoms with van der Waals surface area (Å²) >= 11 is 6.15. The van der Waals surface area contributed by atoms with Gasteiger partial charge in [-0.05, 0) is 12.8 Å². The molecule has 0 fully saturated rings. The van der Waals surface area contributed by atoms with Crippen molar-refractivity contribution in [2.24, 2.45) is 0 Å². The largest absolute Gasteiger partial charge is 0.383 e. The Morgan fingerprint density at radius 3 is 2.80 bits per heavy atom. The molecule has 0 aromatic carbocycles. The Labute approximate surface area is 125 Å². The molecule has 1 atom stereocenters. The van der Waals surface area contributed by atoms with Gasteiger partial charge in [-0.3, -0.25) is 4.79 Å². The van der Waals surface area contributed by atoms with Gasteiger partial charge in [0.25, 0.3) is 5.56 Å². The summed E-state index contributed by atoms with van der Waals surface area (Å²) in [5.41, 5.74) is 0.345. The number of ether oxygens (including phenoxy) is 1. The fourth-order valence-electron chi connectivity index (χ4n) is 2.00. The van der Waals surface area contributed by atoms with Crippen LogP contribution in [0, 0.1) is 0 Å². The van der Waals surface area contributed by atoms with Crippen LogP contribution in [0.25, 0.3) is 0 Å². The molecule has 0 aliphatic carbocycles. The Morgan fingerprint density at radius 1 is 1.45 bits per heavy atom. The smallest absolute Gasteiger partial charge is 0.287 e. The molecule has 0 saturated carbocycles. The predicted molar refractivity (Wildman–Crippen MR) is 82.6 cm³/mol. The first-order valence-corrected chi connectivity index (χ1v) is 7.52. The lowest BCUT2D eigenvalue weighted by atomic mass is 10.2. The van der Waals surface area contributed by atoms with Crippen LogP contribution in [0.15, 0.2) is 11.0 Å². The normalized spacial score (nSPS) is 12.4. The van der Waals surface area contributed by atoms with E-state index in [0.717, 1.165) is 25.7 Å². The zero-order valence-corrected chi connectivity index (χ0v) is 13.2. The van der Waals surface area contributed by atoms with Crippen LogP contribution in [0.4, 0.5) is 5.69 Å². The first kappa shape index (κ1) is 17.0. The van der Waals surface area contributed by atoms with Crippen LogP contribution in [0.5, 0.6) is 0 Å². The predicted octanol–water partition coefficient (Wildman–Crippen LogP) is 2.92. The molecule has 1 unspecified atom stereocenters. The lowest BCUT2D eigenvalue weighted by Gasteiger charge is -2.19. The van der Waals surface area contributed by atoms with Gasteiger partial charge in [0.05, 0.1) is 18.5 Å². The van der Waals surface area contributed by atoms with Gasteiger partial charge in [0.1, 0.15) is 5.02 Å². The van der Waals surface area contributed by atoms with Crippen LogP contribution >= 0.6 is 11.6 Å². The molecule has 1 heterocycles. The molecule has 6 heteroatoms. The van der Waals surface area contributed by atoms with E-state index >= 15 is 0 Å². The molecule has 1 aromatic heterocycles. The van der Waals surface area contributed by atoms with Crippen LogP contribution in [0.1, 0.15) is 39.5 Å². The molecule has 1 aromatic rings. The first-order valence-electron chi connectivity index (χ1n) is 7.15. The van der Waals surface area contributed by atoms with Crippen molar-refractivity contribution < 1.29 is 4.74 Å². The van der Waals surface area contributed by atoms with Crippen LogP contribution in [-0.2, 0) is 11.3 Å². The highest BCUT2D eigenvalue weighted by atomic mass is 35.5. The topological polar surface area (TPSA) is 56.1 Å². The zero-order valence-electron chi connectivity index (χ0n) is 12.5. The fraction of sp³-hybridized carbons (Fsp3) is 0.714. The zero-order chi connectivity index (χ0) is 15.0. The summed E-state index contributed by atoms with van der Waals surface area (Å²) in [5.74, 6) is 0. The van der Waals surface area contributed by atoms with Crippen LogP contribution < -0.4 is 10.9 Å². The first-order chi connectivity index (χ1) is 9.63. The standard InChI is InChI=1S/C14H24ClN3O2/c1-4-6-8-18-14(19)13(15)12(9-16-18)17-11(7-5-2)10-20-3/h9,11,17H,4-8,10H2,1-3H3. The number of rotatable bonds is 9. The number of unbranched alkanes of at least 4 members (excludes halogenated alkanes) is 1. The molecule has 0 aliphatic rings. The third-order valence-electron chi connectivity index (χ3n) is 3.07. The highest BCUT2D eigenvalue weighted by molar-refractivity contribution is 6.32. The average Bonchev–Trinajstić information content (AvgIpc) is 2.43. The maximum atomic E-state index is 12.1. The molecule has 114 valence electrons. The van der Waals surface area contributed by atoms with Gasteiger partial charge < -0.3 is 10.1 Å². The van der Waals surface area contributed by atoms with Crippen LogP contribution in [0.3, 0.4) is 0 Å². The molecular weight excluding hydrogens is 278 g/mol. The van der Waals surface area contributed by atoms with Gasteiger partial charge in [0.15, 0.2) is 0 Å². The minimum absolute atomic E-state index is 0.134. The van der Waals surface area contributed by atoms with Gasteiger partial charge >= 0.3 is 0 Å². The molecule has 0 saturated heterocycles. The van der Waals surface area contributed by atoms with Crippen molar-refractivity contribution in [3.8, 4) is 0 Å². The van der Waals surface area contributed by atoms with Gasteiger partial charge in [-0.25, -0.2) is 4.68 Å². The van der Waals surface area contributed by atoms with Crippen molar-refractivity contribution in [3.05, 3.63) is 21.6 Å². The molecule has 20 heavy (non-hydrogen) atoms. The Morgan fingerprint density at radius 2 is 2.20 bits per heavy atom. The highest BCUT2D eigenvalue weighted by Gasteiger charge is 2.13. The number of nitrogens with zero attached hydrogens (tertiary/aromatic N) is 2. The second kappa shape index (κ2) is 8.97. The Hall–Kier alpha value is -1.07. The summed E-state index contributed by atoms with van der Waals surface area (Å²) in [6, 6.07) is 0.134. The van der Waals surface area contributed by atoms with E-state index < -0.39 is 0 Å². The summed E-state index contributed by atoms with van der Waals surface area (Å²) in [6.07, 6.45) is 5.52. The molecule has 5 nitrogen and oxygen atoms in total. The van der Waals surface area contributed by atoms with Gasteiger partial charge in [0.2, 0.25) is 0 Å². The number of aromatic nitrogens is 2. The lowest BCUT2D eigenvalue weighted by molar-refractivity contribution is 0.182. The highest BCUT2D eigenvalue weighted by Crippen LogP contribution is 2.18. The summed E-state index contributed by atoms with van der Waals surface area (Å²) in [4.78, 5) is 12.1. The van der Waals surface area contributed by atoms with E-state index in [0.29, 0.717) is 18.8 Å². The number of hydrogen-bond acceptors (Lipinski definition) is 4. The van der Waals surface area contributed by atoms with Gasteiger partial charge in [0, 0.05) is 19.7 Å². The Balaban J connectivity index is 2.85. The maximum absolute atomic E-state index is 12.1. The van der Waals surface area contributed by atoms with E-state index in [2.05, 4.69) is 24.3 Å². The number of methoxy groups -OCH3 is 1. The van der Waals surface area contributed by atoms with E-state index in [1.54, 1.807) is 13.3 Å². The minimum Gasteiger partial charge on any atom is -0.383 e. The molecule has 0 spiro atoms. The number of nitrogens with one attached hydrogen (secondary N) is 1. The van der Waals surface area contributed by atoms with Gasteiger partial charge in [-0.15, -0.1) is 0 Å².